The van der Waals surface area contributed by atoms with Crippen LogP contribution in [0.3, 0.4) is 0 Å². The van der Waals surface area contributed by atoms with Crippen molar-refractivity contribution in [3.63, 3.8) is 0 Å². The van der Waals surface area contributed by atoms with E-state index in [1.165, 1.54) is 0 Å². The van der Waals surface area contributed by atoms with Gasteiger partial charge in [-0.15, -0.1) is 0 Å². The van der Waals surface area contributed by atoms with Crippen LogP contribution in [-0.2, 0) is 11.0 Å². The highest BCUT2D eigenvalue weighted by Gasteiger charge is 2.35. The smallest absolute Gasteiger partial charge is 0.366 e. The molecule has 0 radical (unpaired) electrons. The highest BCUT2D eigenvalue weighted by Crippen LogP contribution is 2.38. The molecule has 0 unspecified atom stereocenters. The zero-order valence-electron chi connectivity index (χ0n) is 16.3. The number of anilines is 2. The number of fused-ring (bicyclic) bond motifs is 1. The fourth-order valence-electron chi connectivity index (χ4n) is 3.93. The number of rotatable bonds is 4. The average molecular weight is 432 g/mol. The molecular formula is C21H19F3N4O3. The van der Waals surface area contributed by atoms with Gasteiger partial charge in [0.1, 0.15) is 5.69 Å². The summed E-state index contributed by atoms with van der Waals surface area (Å²) in [4.78, 5) is 28.0. The van der Waals surface area contributed by atoms with Crippen LogP contribution in [0.4, 0.5) is 30.2 Å². The molecule has 0 atom stereocenters. The highest BCUT2D eigenvalue weighted by molar-refractivity contribution is 6.02. The van der Waals surface area contributed by atoms with E-state index in [1.807, 2.05) is 24.3 Å². The van der Waals surface area contributed by atoms with E-state index in [-0.39, 0.29) is 17.5 Å². The number of hydrogen-bond acceptors (Lipinski definition) is 4. The van der Waals surface area contributed by atoms with Crippen LogP contribution in [0.25, 0.3) is 10.9 Å². The molecule has 2 N–H and O–H groups in total. The maximum absolute atomic E-state index is 12.9. The Hall–Kier alpha value is -3.56. The van der Waals surface area contributed by atoms with Gasteiger partial charge < -0.3 is 15.2 Å². The van der Waals surface area contributed by atoms with Gasteiger partial charge in [0.15, 0.2) is 0 Å². The van der Waals surface area contributed by atoms with Crippen LogP contribution < -0.4 is 10.2 Å². The van der Waals surface area contributed by atoms with Gasteiger partial charge in [0, 0.05) is 42.2 Å². The molecule has 0 bridgehead atoms. The lowest BCUT2D eigenvalue weighted by molar-refractivity contribution is -0.384. The largest absolute Gasteiger partial charge is 0.416 e. The summed E-state index contributed by atoms with van der Waals surface area (Å²) in [5, 5.41) is 15.2. The van der Waals surface area contributed by atoms with Gasteiger partial charge in [-0.1, -0.05) is 6.07 Å². The van der Waals surface area contributed by atoms with Crippen LogP contribution in [0.5, 0.6) is 0 Å². The van der Waals surface area contributed by atoms with Crippen LogP contribution in [-0.4, -0.2) is 28.9 Å². The van der Waals surface area contributed by atoms with E-state index in [0.717, 1.165) is 23.0 Å². The van der Waals surface area contributed by atoms with E-state index in [2.05, 4.69) is 10.3 Å². The van der Waals surface area contributed by atoms with Gasteiger partial charge in [0.05, 0.1) is 16.2 Å². The fourth-order valence-corrected chi connectivity index (χ4v) is 3.93. The average Bonchev–Trinajstić information content (AvgIpc) is 3.22. The molecule has 2 aromatic carbocycles. The van der Waals surface area contributed by atoms with Crippen LogP contribution >= 0.6 is 0 Å². The number of hydrogen-bond donors (Lipinski definition) is 2. The number of nitrogens with one attached hydrogen (secondary N) is 2. The molecular weight excluding hydrogens is 413 g/mol. The molecule has 3 aromatic rings. The molecule has 7 nitrogen and oxygen atoms in total. The molecule has 10 heteroatoms. The maximum atomic E-state index is 12.9. The molecule has 1 fully saturated rings. The zero-order chi connectivity index (χ0) is 22.2. The molecule has 0 spiro atoms. The monoisotopic (exact) mass is 432 g/mol. The van der Waals surface area contributed by atoms with E-state index in [4.69, 9.17) is 0 Å². The Bertz CT molecular complexity index is 1130. The highest BCUT2D eigenvalue weighted by atomic mass is 19.4. The normalized spacial score (nSPS) is 15.3. The Kier molecular flexibility index (Phi) is 5.30. The fraction of sp³-hybridized carbons (Fsp3) is 0.286. The first-order valence-electron chi connectivity index (χ1n) is 9.71. The Labute approximate surface area is 175 Å². The maximum Gasteiger partial charge on any atom is 0.416 e. The molecule has 2 heterocycles. The van der Waals surface area contributed by atoms with E-state index in [0.29, 0.717) is 37.7 Å². The molecule has 4 rings (SSSR count). The lowest BCUT2D eigenvalue weighted by Crippen LogP contribution is -2.38. The van der Waals surface area contributed by atoms with Gasteiger partial charge in [-0.05, 0) is 43.2 Å². The van der Waals surface area contributed by atoms with Crippen molar-refractivity contribution in [3.05, 3.63) is 64.3 Å². The van der Waals surface area contributed by atoms with Gasteiger partial charge in [0.25, 0.3) is 5.69 Å². The second-order valence-corrected chi connectivity index (χ2v) is 7.45. The molecule has 1 amide bonds. The number of aromatic amines is 1. The number of nitro benzene ring substituents is 1. The molecule has 31 heavy (non-hydrogen) atoms. The minimum absolute atomic E-state index is 0.133. The standard InChI is InChI=1S/C21H19F3N4O3/c22-21(23,24)14-4-5-18(19(12-14)28(30)31)27-10-7-13(8-11-27)20(29)26-17-3-1-2-16-15(17)6-9-25-16/h1-6,9,12-13,25H,7-8,10-11H2,(H,26,29). The first kappa shape index (κ1) is 20.7. The van der Waals surface area contributed by atoms with Crippen molar-refractivity contribution in [3.8, 4) is 0 Å². The minimum atomic E-state index is -4.66. The van der Waals surface area contributed by atoms with Crippen molar-refractivity contribution in [2.45, 2.75) is 19.0 Å². The second-order valence-electron chi connectivity index (χ2n) is 7.45. The quantitative estimate of drug-likeness (QED) is 0.451. The number of alkyl halides is 3. The summed E-state index contributed by atoms with van der Waals surface area (Å²) in [6.45, 7) is 0.664. The van der Waals surface area contributed by atoms with Crippen LogP contribution in [0.2, 0.25) is 0 Å². The summed E-state index contributed by atoms with van der Waals surface area (Å²) in [5.41, 5.74) is 0.0914. The number of H-pyrrole nitrogens is 1. The number of halogens is 3. The molecule has 1 aliphatic heterocycles. The molecule has 1 saturated heterocycles. The van der Waals surface area contributed by atoms with Crippen molar-refractivity contribution >= 4 is 33.9 Å². The van der Waals surface area contributed by atoms with Gasteiger partial charge in [-0.2, -0.15) is 13.2 Å². The predicted octanol–water partition coefficient (Wildman–Crippen LogP) is 4.95. The molecule has 1 aromatic heterocycles. The van der Waals surface area contributed by atoms with Gasteiger partial charge in [0.2, 0.25) is 5.91 Å². The number of amides is 1. The van der Waals surface area contributed by atoms with Crippen molar-refractivity contribution < 1.29 is 22.9 Å². The van der Waals surface area contributed by atoms with Crippen molar-refractivity contribution in [1.82, 2.24) is 4.98 Å². The number of piperidine rings is 1. The number of nitrogens with zero attached hydrogens (tertiary/aromatic N) is 2. The number of carbonyl (C=O) groups is 1. The third-order valence-electron chi connectivity index (χ3n) is 5.56. The van der Waals surface area contributed by atoms with E-state index >= 15 is 0 Å². The summed E-state index contributed by atoms with van der Waals surface area (Å²) in [5.74, 6) is -0.436. The molecule has 0 saturated carbocycles. The van der Waals surface area contributed by atoms with Gasteiger partial charge in [-0.25, -0.2) is 0 Å². The SMILES string of the molecule is O=C(Nc1cccc2[nH]ccc12)C1CCN(c2ccc(C(F)(F)F)cc2[N+](=O)[O-])CC1. The Morgan fingerprint density at radius 3 is 2.58 bits per heavy atom. The van der Waals surface area contributed by atoms with E-state index in [1.54, 1.807) is 11.1 Å². The van der Waals surface area contributed by atoms with Crippen molar-refractivity contribution in [2.24, 2.45) is 5.92 Å². The number of carbonyl (C=O) groups excluding carboxylic acids is 1. The summed E-state index contributed by atoms with van der Waals surface area (Å²) < 4.78 is 38.8. The molecule has 0 aliphatic carbocycles. The number of benzene rings is 2. The predicted molar refractivity (Wildman–Crippen MR) is 110 cm³/mol. The minimum Gasteiger partial charge on any atom is -0.366 e. The molecule has 1 aliphatic rings. The first-order valence-corrected chi connectivity index (χ1v) is 9.71. The third kappa shape index (κ3) is 4.18. The van der Waals surface area contributed by atoms with Crippen LogP contribution in [0, 0.1) is 16.0 Å². The summed E-state index contributed by atoms with van der Waals surface area (Å²) >= 11 is 0. The summed E-state index contributed by atoms with van der Waals surface area (Å²) in [6.07, 6.45) is -1.99. The van der Waals surface area contributed by atoms with Crippen molar-refractivity contribution in [1.29, 1.82) is 0 Å². The topological polar surface area (TPSA) is 91.3 Å². The van der Waals surface area contributed by atoms with Crippen LogP contribution in [0.15, 0.2) is 48.7 Å². The third-order valence-corrected chi connectivity index (χ3v) is 5.56. The number of aromatic nitrogens is 1. The lowest BCUT2D eigenvalue weighted by atomic mass is 9.95. The lowest BCUT2D eigenvalue weighted by Gasteiger charge is -2.32. The Balaban J connectivity index is 1.45. The zero-order valence-corrected chi connectivity index (χ0v) is 16.3. The van der Waals surface area contributed by atoms with Crippen molar-refractivity contribution in [2.75, 3.05) is 23.3 Å². The van der Waals surface area contributed by atoms with E-state index in [9.17, 15) is 28.1 Å². The Morgan fingerprint density at radius 1 is 1.16 bits per heavy atom. The second kappa shape index (κ2) is 7.93. The number of nitro groups is 1. The van der Waals surface area contributed by atoms with Gasteiger partial charge in [-0.3, -0.25) is 14.9 Å². The first-order chi connectivity index (χ1) is 14.7. The van der Waals surface area contributed by atoms with E-state index < -0.39 is 22.4 Å². The van der Waals surface area contributed by atoms with Crippen LogP contribution in [0.1, 0.15) is 18.4 Å². The summed E-state index contributed by atoms with van der Waals surface area (Å²) in [7, 11) is 0. The molecule has 162 valence electrons. The Morgan fingerprint density at radius 2 is 1.90 bits per heavy atom. The summed E-state index contributed by atoms with van der Waals surface area (Å²) in [6, 6.07) is 9.96. The van der Waals surface area contributed by atoms with Gasteiger partial charge >= 0.3 is 6.18 Å².